The summed E-state index contributed by atoms with van der Waals surface area (Å²) in [5.41, 5.74) is 0.779. The van der Waals surface area contributed by atoms with E-state index in [1.807, 2.05) is 0 Å². The molecule has 2 aliphatic rings. The summed E-state index contributed by atoms with van der Waals surface area (Å²) in [6.07, 6.45) is 4.27. The van der Waals surface area contributed by atoms with Gasteiger partial charge in [-0.2, -0.15) is 0 Å². The molecule has 0 aliphatic carbocycles. The van der Waals surface area contributed by atoms with Gasteiger partial charge >= 0.3 is 0 Å². The summed E-state index contributed by atoms with van der Waals surface area (Å²) in [7, 11) is -2.88. The number of carbonyl (C=O) groups excluding carboxylic acids is 2. The van der Waals surface area contributed by atoms with Crippen molar-refractivity contribution in [3.8, 4) is 0 Å². The number of nitrogens with zero attached hydrogens (tertiary/aromatic N) is 3. The molecule has 31 heavy (non-hydrogen) atoms. The number of amides is 2. The van der Waals surface area contributed by atoms with Crippen LogP contribution < -0.4 is 0 Å². The van der Waals surface area contributed by atoms with Gasteiger partial charge in [-0.15, -0.1) is 0 Å². The summed E-state index contributed by atoms with van der Waals surface area (Å²) in [5.74, 6) is 0.325. The zero-order valence-electron chi connectivity index (χ0n) is 17.3. The number of benzene rings is 1. The van der Waals surface area contributed by atoms with Crippen LogP contribution in [0.25, 0.3) is 6.08 Å². The second kappa shape index (κ2) is 10.8. The van der Waals surface area contributed by atoms with Gasteiger partial charge in [-0.1, -0.05) is 29.3 Å². The molecular weight excluding hydrogens is 461 g/mol. The van der Waals surface area contributed by atoms with Crippen LogP contribution in [0.5, 0.6) is 0 Å². The van der Waals surface area contributed by atoms with Gasteiger partial charge in [0.2, 0.25) is 11.8 Å². The van der Waals surface area contributed by atoms with Gasteiger partial charge in [0, 0.05) is 51.8 Å². The second-order valence-corrected chi connectivity index (χ2v) is 10.9. The van der Waals surface area contributed by atoms with E-state index in [9.17, 15) is 18.0 Å². The van der Waals surface area contributed by atoms with Crippen LogP contribution in [0.4, 0.5) is 0 Å². The lowest BCUT2D eigenvalue weighted by molar-refractivity contribution is -0.130. The lowest BCUT2D eigenvalue weighted by atomic mass is 10.2. The van der Waals surface area contributed by atoms with E-state index in [1.165, 1.54) is 6.08 Å². The van der Waals surface area contributed by atoms with Crippen molar-refractivity contribution in [1.29, 1.82) is 0 Å². The summed E-state index contributed by atoms with van der Waals surface area (Å²) >= 11 is 11.9. The first-order valence-corrected chi connectivity index (χ1v) is 12.9. The number of hydrogen-bond acceptors (Lipinski definition) is 5. The molecule has 10 heteroatoms. The molecular formula is C21H27Cl2N3O4S. The summed E-state index contributed by atoms with van der Waals surface area (Å²) in [5, 5.41) is 0.889. The Morgan fingerprint density at radius 1 is 1.00 bits per heavy atom. The van der Waals surface area contributed by atoms with Gasteiger partial charge in [-0.25, -0.2) is 8.42 Å². The summed E-state index contributed by atoms with van der Waals surface area (Å²) in [6, 6.07) is 5.15. The Morgan fingerprint density at radius 3 is 2.45 bits per heavy atom. The molecule has 0 saturated carbocycles. The molecule has 0 unspecified atom stereocenters. The molecule has 0 bridgehead atoms. The van der Waals surface area contributed by atoms with Gasteiger partial charge in [-0.3, -0.25) is 9.59 Å². The van der Waals surface area contributed by atoms with E-state index in [1.54, 1.807) is 34.1 Å². The van der Waals surface area contributed by atoms with Crippen LogP contribution in [0.1, 0.15) is 18.4 Å². The molecule has 1 aromatic rings. The number of halogens is 2. The van der Waals surface area contributed by atoms with Crippen molar-refractivity contribution in [3.63, 3.8) is 0 Å². The van der Waals surface area contributed by atoms with Gasteiger partial charge in [0.1, 0.15) is 0 Å². The maximum Gasteiger partial charge on any atom is 0.246 e. The monoisotopic (exact) mass is 487 g/mol. The molecule has 0 aromatic heterocycles. The van der Waals surface area contributed by atoms with Crippen molar-refractivity contribution in [2.75, 3.05) is 57.3 Å². The van der Waals surface area contributed by atoms with Crippen LogP contribution >= 0.6 is 23.2 Å². The average Bonchev–Trinajstić information content (AvgIpc) is 2.92. The lowest BCUT2D eigenvalue weighted by Crippen LogP contribution is -2.42. The lowest BCUT2D eigenvalue weighted by Gasteiger charge is -2.28. The number of carbonyl (C=O) groups is 2. The molecule has 0 radical (unpaired) electrons. The second-order valence-electron chi connectivity index (χ2n) is 7.81. The number of hydrogen-bond donors (Lipinski definition) is 0. The Bertz CT molecular complexity index is 938. The van der Waals surface area contributed by atoms with Crippen LogP contribution in [0, 0.1) is 0 Å². The van der Waals surface area contributed by atoms with Crippen molar-refractivity contribution >= 4 is 50.9 Å². The Morgan fingerprint density at radius 2 is 1.74 bits per heavy atom. The normalized spacial score (nSPS) is 20.3. The van der Waals surface area contributed by atoms with Crippen LogP contribution in [-0.2, 0) is 19.4 Å². The summed E-state index contributed by atoms with van der Waals surface area (Å²) in [4.78, 5) is 30.6. The Kier molecular flexibility index (Phi) is 8.38. The molecule has 0 N–H and O–H groups in total. The zero-order valence-corrected chi connectivity index (χ0v) is 19.6. The van der Waals surface area contributed by atoms with Crippen molar-refractivity contribution in [3.05, 3.63) is 39.9 Å². The minimum absolute atomic E-state index is 0.0463. The molecule has 2 saturated heterocycles. The molecule has 7 nitrogen and oxygen atoms in total. The van der Waals surface area contributed by atoms with E-state index in [2.05, 4.69) is 4.90 Å². The van der Waals surface area contributed by atoms with E-state index in [0.29, 0.717) is 55.7 Å². The fraction of sp³-hybridized carbons (Fsp3) is 0.524. The third-order valence-corrected chi connectivity index (χ3v) is 7.95. The maximum absolute atomic E-state index is 12.6. The minimum Gasteiger partial charge on any atom is -0.341 e. The highest BCUT2D eigenvalue weighted by molar-refractivity contribution is 7.91. The van der Waals surface area contributed by atoms with E-state index in [0.717, 1.165) is 18.5 Å². The van der Waals surface area contributed by atoms with E-state index in [4.69, 9.17) is 23.2 Å². The first-order valence-electron chi connectivity index (χ1n) is 10.4. The molecule has 0 atom stereocenters. The quantitative estimate of drug-likeness (QED) is 0.574. The minimum atomic E-state index is -2.88. The highest BCUT2D eigenvalue weighted by Crippen LogP contribution is 2.23. The number of rotatable bonds is 6. The van der Waals surface area contributed by atoms with Crippen molar-refractivity contribution in [2.45, 2.75) is 12.8 Å². The zero-order chi connectivity index (χ0) is 22.4. The molecule has 2 fully saturated rings. The number of sulfone groups is 1. The average molecular weight is 488 g/mol. The molecule has 2 amide bonds. The fourth-order valence-corrected chi connectivity index (χ4v) is 5.25. The van der Waals surface area contributed by atoms with Crippen molar-refractivity contribution in [1.82, 2.24) is 14.7 Å². The highest BCUT2D eigenvalue weighted by Gasteiger charge is 2.24. The van der Waals surface area contributed by atoms with Gasteiger partial charge < -0.3 is 14.7 Å². The van der Waals surface area contributed by atoms with E-state index >= 15 is 0 Å². The smallest absolute Gasteiger partial charge is 0.246 e. The predicted octanol–water partition coefficient (Wildman–Crippen LogP) is 2.19. The largest absolute Gasteiger partial charge is 0.341 e. The summed E-state index contributed by atoms with van der Waals surface area (Å²) in [6.45, 7) is 3.88. The first-order chi connectivity index (χ1) is 14.7. The first kappa shape index (κ1) is 24.0. The maximum atomic E-state index is 12.6. The van der Waals surface area contributed by atoms with Gasteiger partial charge in [0.25, 0.3) is 0 Å². The van der Waals surface area contributed by atoms with Gasteiger partial charge in [0.15, 0.2) is 9.84 Å². The van der Waals surface area contributed by atoms with Crippen LogP contribution in [0.15, 0.2) is 24.3 Å². The third-order valence-electron chi connectivity index (χ3n) is 5.60. The van der Waals surface area contributed by atoms with Crippen molar-refractivity contribution < 1.29 is 18.0 Å². The predicted molar refractivity (Wildman–Crippen MR) is 123 cm³/mol. The molecule has 3 rings (SSSR count). The molecule has 2 heterocycles. The van der Waals surface area contributed by atoms with Crippen LogP contribution in [-0.4, -0.2) is 92.3 Å². The molecule has 0 spiro atoms. The Hall–Kier alpha value is -1.61. The van der Waals surface area contributed by atoms with Crippen molar-refractivity contribution in [2.24, 2.45) is 0 Å². The fourth-order valence-electron chi connectivity index (χ4n) is 3.67. The topological polar surface area (TPSA) is 78.0 Å². The molecule has 170 valence electrons. The Labute approximate surface area is 193 Å². The van der Waals surface area contributed by atoms with Crippen LogP contribution in [0.3, 0.4) is 0 Å². The third kappa shape index (κ3) is 7.20. The molecule has 1 aromatic carbocycles. The van der Waals surface area contributed by atoms with E-state index in [-0.39, 0.29) is 23.3 Å². The van der Waals surface area contributed by atoms with Gasteiger partial charge in [-0.05, 0) is 36.7 Å². The van der Waals surface area contributed by atoms with E-state index < -0.39 is 9.84 Å². The standard InChI is InChI=1S/C21H27Cl2N3O4S/c22-18-4-2-17(16-19(18)23)3-5-20(27)26-9-6-21(28)25(10-11-26)8-1-7-24-12-14-31(29,30)15-13-24/h2-5,16H,1,6-15H2/b5-3+. The summed E-state index contributed by atoms with van der Waals surface area (Å²) < 4.78 is 23.0. The Balaban J connectivity index is 1.45. The van der Waals surface area contributed by atoms with Crippen LogP contribution in [0.2, 0.25) is 10.0 Å². The SMILES string of the molecule is O=C(/C=C/c1ccc(Cl)c(Cl)c1)N1CCC(=O)N(CCCN2CCS(=O)(=O)CC2)CC1. The molecule has 2 aliphatic heterocycles. The highest BCUT2D eigenvalue weighted by atomic mass is 35.5. The van der Waals surface area contributed by atoms with Gasteiger partial charge in [0.05, 0.1) is 21.6 Å².